The van der Waals surface area contributed by atoms with Crippen molar-refractivity contribution in [1.29, 1.82) is 0 Å². The number of methoxy groups -OCH3 is 1. The highest BCUT2D eigenvalue weighted by Gasteiger charge is 2.37. The minimum atomic E-state index is 0.0688. The Morgan fingerprint density at radius 2 is 1.87 bits per heavy atom. The molecule has 2 aromatic rings. The lowest BCUT2D eigenvalue weighted by atomic mass is 9.72. The van der Waals surface area contributed by atoms with Gasteiger partial charge in [-0.2, -0.15) is 0 Å². The van der Waals surface area contributed by atoms with Gasteiger partial charge in [0, 0.05) is 48.6 Å². The molecule has 1 aliphatic carbocycles. The number of nitrogens with zero attached hydrogens (tertiary/aromatic N) is 2. The fourth-order valence-corrected chi connectivity index (χ4v) is 3.06. The highest BCUT2D eigenvalue weighted by atomic mass is 35.5. The zero-order chi connectivity index (χ0) is 16.1. The van der Waals surface area contributed by atoms with Crippen molar-refractivity contribution in [3.8, 4) is 0 Å². The van der Waals surface area contributed by atoms with E-state index in [2.05, 4.69) is 27.4 Å². The van der Waals surface area contributed by atoms with Crippen molar-refractivity contribution >= 4 is 11.6 Å². The lowest BCUT2D eigenvalue weighted by molar-refractivity contribution is 0.183. The molecule has 4 nitrogen and oxygen atoms in total. The number of rotatable bonds is 7. The van der Waals surface area contributed by atoms with E-state index in [1.807, 2.05) is 24.5 Å². The molecule has 1 aromatic heterocycles. The van der Waals surface area contributed by atoms with E-state index in [1.165, 1.54) is 12.0 Å². The molecule has 1 N–H and O–H groups in total. The molecule has 0 atom stereocenters. The van der Waals surface area contributed by atoms with Gasteiger partial charge < -0.3 is 10.1 Å². The van der Waals surface area contributed by atoms with Crippen LogP contribution in [0.5, 0.6) is 0 Å². The van der Waals surface area contributed by atoms with E-state index in [0.29, 0.717) is 6.61 Å². The average molecular weight is 332 g/mol. The van der Waals surface area contributed by atoms with Gasteiger partial charge in [-0.15, -0.1) is 0 Å². The van der Waals surface area contributed by atoms with Crippen molar-refractivity contribution in [2.45, 2.75) is 37.8 Å². The molecular weight excluding hydrogens is 310 g/mol. The lowest BCUT2D eigenvalue weighted by Gasteiger charge is -2.43. The third kappa shape index (κ3) is 3.89. The summed E-state index contributed by atoms with van der Waals surface area (Å²) < 4.78 is 5.05. The van der Waals surface area contributed by atoms with Gasteiger partial charge >= 0.3 is 0 Å². The Morgan fingerprint density at radius 1 is 1.17 bits per heavy atom. The Hall–Kier alpha value is -1.49. The van der Waals surface area contributed by atoms with Gasteiger partial charge in [-0.1, -0.05) is 23.7 Å². The van der Waals surface area contributed by atoms with E-state index in [0.717, 1.165) is 42.2 Å². The summed E-state index contributed by atoms with van der Waals surface area (Å²) in [6, 6.07) is 8.18. The smallest absolute Gasteiger partial charge is 0.130 e. The monoisotopic (exact) mass is 331 g/mol. The number of aromatic nitrogens is 2. The third-order valence-electron chi connectivity index (χ3n) is 4.52. The first-order chi connectivity index (χ1) is 11.2. The Bertz CT molecular complexity index is 624. The van der Waals surface area contributed by atoms with Crippen LogP contribution in [0.1, 0.15) is 36.2 Å². The summed E-state index contributed by atoms with van der Waals surface area (Å²) in [7, 11) is 1.69. The van der Waals surface area contributed by atoms with E-state index in [1.54, 1.807) is 7.11 Å². The summed E-state index contributed by atoms with van der Waals surface area (Å²) in [4.78, 5) is 8.79. The van der Waals surface area contributed by atoms with Crippen LogP contribution in [0.2, 0.25) is 5.02 Å². The molecule has 1 heterocycles. The Morgan fingerprint density at radius 3 is 2.43 bits per heavy atom. The summed E-state index contributed by atoms with van der Waals surface area (Å²) in [6.07, 6.45) is 8.11. The molecule has 0 saturated heterocycles. The molecule has 0 spiro atoms. The maximum absolute atomic E-state index is 6.00. The van der Waals surface area contributed by atoms with Gasteiger partial charge in [0.15, 0.2) is 0 Å². The summed E-state index contributed by atoms with van der Waals surface area (Å²) in [5, 5.41) is 4.48. The molecular formula is C18H22ClN3O. The maximum Gasteiger partial charge on any atom is 0.130 e. The van der Waals surface area contributed by atoms with Crippen molar-refractivity contribution in [3.63, 3.8) is 0 Å². The molecule has 1 fully saturated rings. The van der Waals surface area contributed by atoms with Crippen molar-refractivity contribution in [2.75, 3.05) is 13.7 Å². The van der Waals surface area contributed by atoms with Gasteiger partial charge in [0.1, 0.15) is 5.82 Å². The van der Waals surface area contributed by atoms with E-state index in [9.17, 15) is 0 Å². The zero-order valence-corrected chi connectivity index (χ0v) is 14.1. The van der Waals surface area contributed by atoms with E-state index >= 15 is 0 Å². The summed E-state index contributed by atoms with van der Waals surface area (Å²) in [5.41, 5.74) is 2.48. The predicted octanol–water partition coefficient (Wildman–Crippen LogP) is 3.49. The molecule has 0 unspecified atom stereocenters. The van der Waals surface area contributed by atoms with Crippen molar-refractivity contribution in [1.82, 2.24) is 15.3 Å². The number of hydrogen-bond acceptors (Lipinski definition) is 4. The van der Waals surface area contributed by atoms with E-state index < -0.39 is 0 Å². The first kappa shape index (κ1) is 16.4. The first-order valence-corrected chi connectivity index (χ1v) is 8.39. The summed E-state index contributed by atoms with van der Waals surface area (Å²) in [5.74, 6) is 0.826. The van der Waals surface area contributed by atoms with Crippen LogP contribution in [0.4, 0.5) is 0 Å². The minimum absolute atomic E-state index is 0.0688. The van der Waals surface area contributed by atoms with Crippen molar-refractivity contribution in [2.24, 2.45) is 0 Å². The number of benzene rings is 1. The molecule has 0 aliphatic heterocycles. The molecule has 1 aliphatic rings. The molecule has 0 radical (unpaired) electrons. The largest absolute Gasteiger partial charge is 0.384 e. The zero-order valence-electron chi connectivity index (χ0n) is 13.4. The fourth-order valence-electron chi connectivity index (χ4n) is 2.93. The molecule has 122 valence electrons. The van der Waals surface area contributed by atoms with Crippen molar-refractivity contribution < 1.29 is 4.74 Å². The van der Waals surface area contributed by atoms with Crippen LogP contribution in [0, 0.1) is 0 Å². The number of halogens is 1. The standard InChI is InChI=1S/C18H22ClN3O/c1-23-10-7-17-20-11-14(12-21-17)13-22-18(8-2-9-18)15-3-5-16(19)6-4-15/h3-6,11-12,22H,2,7-10,13H2,1H3. The van der Waals surface area contributed by atoms with Gasteiger partial charge in [-0.25, -0.2) is 9.97 Å². The molecule has 0 amide bonds. The Balaban J connectivity index is 1.63. The van der Waals surface area contributed by atoms with Crippen LogP contribution >= 0.6 is 11.6 Å². The fraction of sp³-hybridized carbons (Fsp3) is 0.444. The maximum atomic E-state index is 6.00. The number of hydrogen-bond donors (Lipinski definition) is 1. The van der Waals surface area contributed by atoms with Crippen LogP contribution in [0.25, 0.3) is 0 Å². The van der Waals surface area contributed by atoms with Crippen LogP contribution in [-0.2, 0) is 23.2 Å². The second-order valence-corrected chi connectivity index (χ2v) is 6.48. The second kappa shape index (κ2) is 7.39. The van der Waals surface area contributed by atoms with Gasteiger partial charge in [0.25, 0.3) is 0 Å². The van der Waals surface area contributed by atoms with Crippen LogP contribution in [0.3, 0.4) is 0 Å². The Kier molecular flexibility index (Phi) is 5.26. The molecule has 1 saturated carbocycles. The van der Waals surface area contributed by atoms with Gasteiger partial charge in [-0.05, 0) is 37.0 Å². The molecule has 5 heteroatoms. The first-order valence-electron chi connectivity index (χ1n) is 8.02. The van der Waals surface area contributed by atoms with Crippen molar-refractivity contribution in [3.05, 3.63) is 58.6 Å². The highest BCUT2D eigenvalue weighted by Crippen LogP contribution is 2.41. The van der Waals surface area contributed by atoms with Gasteiger partial charge in [0.2, 0.25) is 0 Å². The summed E-state index contributed by atoms with van der Waals surface area (Å²) in [6.45, 7) is 1.42. The van der Waals surface area contributed by atoms with Crippen LogP contribution in [0.15, 0.2) is 36.7 Å². The molecule has 3 rings (SSSR count). The minimum Gasteiger partial charge on any atom is -0.384 e. The van der Waals surface area contributed by atoms with Gasteiger partial charge in [-0.3, -0.25) is 0 Å². The quantitative estimate of drug-likeness (QED) is 0.843. The predicted molar refractivity (Wildman–Crippen MR) is 91.4 cm³/mol. The molecule has 23 heavy (non-hydrogen) atoms. The average Bonchev–Trinajstić information content (AvgIpc) is 2.54. The molecule has 0 bridgehead atoms. The summed E-state index contributed by atoms with van der Waals surface area (Å²) >= 11 is 6.00. The second-order valence-electron chi connectivity index (χ2n) is 6.05. The van der Waals surface area contributed by atoms with Crippen LogP contribution < -0.4 is 5.32 Å². The SMILES string of the molecule is COCCc1ncc(CNC2(c3ccc(Cl)cc3)CCC2)cn1. The van der Waals surface area contributed by atoms with Crippen LogP contribution in [-0.4, -0.2) is 23.7 Å². The number of nitrogens with one attached hydrogen (secondary N) is 1. The topological polar surface area (TPSA) is 47.0 Å². The van der Waals surface area contributed by atoms with Gasteiger partial charge in [0.05, 0.1) is 6.61 Å². The number of ether oxygens (including phenoxy) is 1. The normalized spacial score (nSPS) is 16.1. The lowest BCUT2D eigenvalue weighted by Crippen LogP contribution is -2.47. The Labute approximate surface area is 142 Å². The van der Waals surface area contributed by atoms with E-state index in [4.69, 9.17) is 16.3 Å². The third-order valence-corrected chi connectivity index (χ3v) is 4.78. The highest BCUT2D eigenvalue weighted by molar-refractivity contribution is 6.30. The molecule has 1 aromatic carbocycles. The van der Waals surface area contributed by atoms with E-state index in [-0.39, 0.29) is 5.54 Å².